The first-order chi connectivity index (χ1) is 17.7. The average molecular weight is 499 g/mol. The summed E-state index contributed by atoms with van der Waals surface area (Å²) < 4.78 is 11.7. The fraction of sp³-hybridized carbons (Fsp3) is 0.360. The monoisotopic (exact) mass is 499 g/mol. The van der Waals surface area contributed by atoms with E-state index >= 15 is 0 Å². The number of piperidine rings is 1. The summed E-state index contributed by atoms with van der Waals surface area (Å²) in [6.45, 7) is 1.48. The largest absolute Gasteiger partial charge is 0.501 e. The number of amides is 4. The topological polar surface area (TPSA) is 105 Å². The Morgan fingerprint density at radius 3 is 2.54 bits per heavy atom. The molecule has 37 heavy (non-hydrogen) atoms. The molecule has 2 aromatic carbocycles. The van der Waals surface area contributed by atoms with Crippen molar-refractivity contribution in [2.24, 2.45) is 0 Å². The maximum Gasteiger partial charge on any atom is 0.255 e. The quantitative estimate of drug-likeness (QED) is 0.380. The Kier molecular flexibility index (Phi) is 6.62. The molecule has 12 heteroatoms. The average Bonchev–Trinajstić information content (AvgIpc) is 3.21. The van der Waals surface area contributed by atoms with Crippen molar-refractivity contribution < 1.29 is 28.7 Å². The fourth-order valence-corrected chi connectivity index (χ4v) is 5.27. The number of fused-ring (bicyclic) bond motifs is 1. The van der Waals surface area contributed by atoms with E-state index in [0.29, 0.717) is 30.9 Å². The van der Waals surface area contributed by atoms with Gasteiger partial charge in [-0.25, -0.2) is 0 Å². The summed E-state index contributed by atoms with van der Waals surface area (Å²) in [5.41, 5.74) is 3.22. The number of rotatable bonds is 6. The molecule has 1 N–H and O–H groups in total. The van der Waals surface area contributed by atoms with Crippen LogP contribution in [0.2, 0.25) is 0 Å². The Balaban J connectivity index is 1.33. The van der Waals surface area contributed by atoms with Gasteiger partial charge in [0.15, 0.2) is 15.7 Å². The van der Waals surface area contributed by atoms with Gasteiger partial charge in [0.05, 0.1) is 18.6 Å². The highest BCUT2D eigenvalue weighted by Crippen LogP contribution is 2.36. The lowest BCUT2D eigenvalue weighted by Crippen LogP contribution is -2.52. The third-order valence-electron chi connectivity index (χ3n) is 7.48. The molecule has 3 heterocycles. The third kappa shape index (κ3) is 4.77. The summed E-state index contributed by atoms with van der Waals surface area (Å²) in [6.07, 6.45) is 0.522. The van der Waals surface area contributed by atoms with Crippen LogP contribution in [0.25, 0.3) is 0 Å². The predicted octanol–water partition coefficient (Wildman–Crippen LogP) is -1.61. The maximum atomic E-state index is 13.1. The summed E-state index contributed by atoms with van der Waals surface area (Å²) in [5.74, 6) is -0.464. The maximum absolute atomic E-state index is 13.1. The highest BCUT2D eigenvalue weighted by molar-refractivity contribution is 6.39. The number of nitrogens with one attached hydrogen (secondary N) is 1. The van der Waals surface area contributed by atoms with Crippen LogP contribution in [0.1, 0.15) is 45.8 Å². The highest BCUT2D eigenvalue weighted by atomic mass is 16.5. The molecule has 9 nitrogen and oxygen atoms in total. The summed E-state index contributed by atoms with van der Waals surface area (Å²) in [7, 11) is 5.94. The van der Waals surface area contributed by atoms with Gasteiger partial charge in [-0.2, -0.15) is 0 Å². The lowest BCUT2D eigenvalue weighted by molar-refractivity contribution is -0.143. The molecule has 188 valence electrons. The van der Waals surface area contributed by atoms with Crippen LogP contribution in [-0.4, -0.2) is 82.8 Å². The van der Waals surface area contributed by atoms with Crippen molar-refractivity contribution in [1.29, 1.82) is 0 Å². The van der Waals surface area contributed by atoms with Gasteiger partial charge in [0.1, 0.15) is 26.2 Å². The van der Waals surface area contributed by atoms with Crippen LogP contribution in [-0.2, 0) is 31.1 Å². The lowest BCUT2D eigenvalue weighted by Gasteiger charge is -2.33. The molecule has 2 saturated heterocycles. The van der Waals surface area contributed by atoms with E-state index in [1.54, 1.807) is 12.1 Å². The molecular formula is C25H28B3N3O6. The van der Waals surface area contributed by atoms with Gasteiger partial charge in [0.25, 0.3) is 5.91 Å². The minimum Gasteiger partial charge on any atom is -0.501 e. The molecule has 2 aromatic rings. The molecule has 0 saturated carbocycles. The van der Waals surface area contributed by atoms with Crippen molar-refractivity contribution in [2.75, 3.05) is 19.8 Å². The number of carbonyl (C=O) groups is 4. The smallest absolute Gasteiger partial charge is 0.255 e. The van der Waals surface area contributed by atoms with E-state index in [-0.39, 0.29) is 43.2 Å². The van der Waals surface area contributed by atoms with Gasteiger partial charge in [-0.1, -0.05) is 30.3 Å². The molecule has 2 unspecified atom stereocenters. The zero-order valence-corrected chi connectivity index (χ0v) is 21.3. The molecule has 0 aromatic heterocycles. The van der Waals surface area contributed by atoms with E-state index in [1.165, 1.54) is 4.90 Å². The zero-order chi connectivity index (χ0) is 26.3. The predicted molar refractivity (Wildman–Crippen MR) is 142 cm³/mol. The number of benzene rings is 2. The lowest BCUT2D eigenvalue weighted by atomic mass is 9.61. The van der Waals surface area contributed by atoms with Gasteiger partial charge < -0.3 is 19.3 Å². The van der Waals surface area contributed by atoms with Gasteiger partial charge in [0, 0.05) is 30.0 Å². The van der Waals surface area contributed by atoms with Crippen LogP contribution in [0.4, 0.5) is 0 Å². The van der Waals surface area contributed by atoms with Crippen molar-refractivity contribution in [3.63, 3.8) is 0 Å². The molecular weight excluding hydrogens is 471 g/mol. The first-order valence-electron chi connectivity index (χ1n) is 12.6. The molecule has 2 atom stereocenters. The van der Waals surface area contributed by atoms with E-state index in [4.69, 9.17) is 9.47 Å². The van der Waals surface area contributed by atoms with Gasteiger partial charge in [-0.05, 0) is 29.7 Å². The summed E-state index contributed by atoms with van der Waals surface area (Å²) >= 11 is 0. The van der Waals surface area contributed by atoms with Gasteiger partial charge in [-0.3, -0.25) is 24.5 Å². The van der Waals surface area contributed by atoms with Crippen molar-refractivity contribution in [3.05, 3.63) is 64.7 Å². The Morgan fingerprint density at radius 2 is 1.84 bits per heavy atom. The Bertz CT molecular complexity index is 1270. The first kappa shape index (κ1) is 25.1. The second-order valence-electron chi connectivity index (χ2n) is 10.2. The molecule has 3 aliphatic heterocycles. The van der Waals surface area contributed by atoms with Crippen molar-refractivity contribution in [1.82, 2.24) is 15.1 Å². The third-order valence-corrected chi connectivity index (χ3v) is 7.48. The van der Waals surface area contributed by atoms with Crippen molar-refractivity contribution >= 4 is 47.2 Å². The van der Waals surface area contributed by atoms with Crippen LogP contribution in [0.3, 0.4) is 0 Å². The minimum atomic E-state index is -0.712. The molecule has 0 radical (unpaired) electrons. The molecule has 0 bridgehead atoms. The molecule has 5 rings (SSSR count). The van der Waals surface area contributed by atoms with Crippen LogP contribution >= 0.6 is 0 Å². The van der Waals surface area contributed by atoms with E-state index < -0.39 is 17.3 Å². The number of ether oxygens (including phenoxy) is 2. The van der Waals surface area contributed by atoms with Crippen molar-refractivity contribution in [3.8, 4) is 5.75 Å². The standard InChI is InChI=1S/C25H28B3N3O6/c26-22(30-10-11-36-13-21(30)33)14-4-6-15(7-5-14)25(27,28)37-19-3-1-2-16-17(19)12-31(24(16)35)18-8-9-20(32)29-23(18)34/h1-7,18,22H,8-13,26-28H2,(H,29,32,34). The Labute approximate surface area is 218 Å². The molecule has 0 spiro atoms. The van der Waals surface area contributed by atoms with Gasteiger partial charge in [0.2, 0.25) is 17.7 Å². The SMILES string of the molecule is BC(c1ccc(C(B)(B)Oc2cccc3c2CN(C2CCC(=O)NC2=O)C3=O)cc1)N1CCOCC1=O. The van der Waals surface area contributed by atoms with E-state index in [9.17, 15) is 19.2 Å². The van der Waals surface area contributed by atoms with Crippen molar-refractivity contribution in [2.45, 2.75) is 36.8 Å². The van der Waals surface area contributed by atoms with Crippen LogP contribution < -0.4 is 10.1 Å². The van der Waals surface area contributed by atoms with Gasteiger partial charge in [-0.15, -0.1) is 0 Å². The first-order valence-corrected chi connectivity index (χ1v) is 12.6. The normalized spacial score (nSPS) is 21.0. The number of nitrogens with zero attached hydrogens (tertiary/aromatic N) is 2. The fourth-order valence-electron chi connectivity index (χ4n) is 5.27. The number of hydrogen-bond acceptors (Lipinski definition) is 6. The summed E-state index contributed by atoms with van der Waals surface area (Å²) in [5, 5.41) is 1.62. The van der Waals surface area contributed by atoms with Gasteiger partial charge >= 0.3 is 0 Å². The molecule has 0 aliphatic carbocycles. The Morgan fingerprint density at radius 1 is 1.08 bits per heavy atom. The molecule has 2 fully saturated rings. The van der Waals surface area contributed by atoms with E-state index in [0.717, 1.165) is 16.7 Å². The number of hydrogen-bond donors (Lipinski definition) is 1. The van der Waals surface area contributed by atoms with Crippen LogP contribution in [0, 0.1) is 0 Å². The van der Waals surface area contributed by atoms with Crippen LogP contribution in [0.15, 0.2) is 42.5 Å². The second-order valence-corrected chi connectivity index (χ2v) is 10.2. The number of morpholine rings is 1. The van der Waals surface area contributed by atoms with Crippen LogP contribution in [0.5, 0.6) is 5.75 Å². The Hall–Kier alpha value is -3.53. The molecule has 4 amide bonds. The zero-order valence-electron chi connectivity index (χ0n) is 21.3. The van der Waals surface area contributed by atoms with E-state index in [2.05, 4.69) is 5.32 Å². The second kappa shape index (κ2) is 9.74. The summed E-state index contributed by atoms with van der Waals surface area (Å²) in [6, 6.07) is 12.7. The van der Waals surface area contributed by atoms with E-state index in [1.807, 2.05) is 58.8 Å². The summed E-state index contributed by atoms with van der Waals surface area (Å²) in [4.78, 5) is 52.7. The minimum absolute atomic E-state index is 0.00896. The number of imide groups is 1. The number of carbonyl (C=O) groups excluding carboxylic acids is 4. The highest BCUT2D eigenvalue weighted by Gasteiger charge is 2.40. The molecule has 3 aliphatic rings.